The maximum atomic E-state index is 13.6. The number of aryl methyl sites for hydroxylation is 2. The number of benzene rings is 1. The van der Waals surface area contributed by atoms with Crippen LogP contribution in [-0.2, 0) is 25.2 Å². The molecule has 166 valence electrons. The lowest BCUT2D eigenvalue weighted by molar-refractivity contribution is -0.142. The molecule has 2 rings (SSSR count). The number of hydrogen-bond donors (Lipinski definition) is 0. The van der Waals surface area contributed by atoms with E-state index in [1.165, 1.54) is 0 Å². The number of rotatable bonds is 7. The van der Waals surface area contributed by atoms with E-state index in [0.717, 1.165) is 18.9 Å². The molecule has 0 fully saturated rings. The molecule has 0 saturated carbocycles. The van der Waals surface area contributed by atoms with Crippen molar-refractivity contribution in [2.75, 3.05) is 0 Å². The van der Waals surface area contributed by atoms with Crippen molar-refractivity contribution in [2.45, 2.75) is 71.8 Å². The summed E-state index contributed by atoms with van der Waals surface area (Å²) in [6.07, 6.45) is -7.95. The normalized spacial score (nSPS) is 12.5. The van der Waals surface area contributed by atoms with Crippen molar-refractivity contribution in [1.82, 2.24) is 9.97 Å². The number of aromatic nitrogens is 2. The molecule has 0 N–H and O–H groups in total. The topological polar surface area (TPSA) is 35.0 Å². The van der Waals surface area contributed by atoms with Crippen LogP contribution in [0.3, 0.4) is 0 Å². The first-order valence-corrected chi connectivity index (χ1v) is 9.81. The van der Waals surface area contributed by atoms with Gasteiger partial charge in [0, 0.05) is 5.56 Å². The average Bonchev–Trinajstić information content (AvgIpc) is 2.69. The lowest BCUT2D eigenvalue weighted by atomic mass is 9.98. The van der Waals surface area contributed by atoms with Crippen LogP contribution in [0.15, 0.2) is 18.2 Å². The Kier molecular flexibility index (Phi) is 7.36. The SMILES string of the molecule is CCc1nc(-c2ccc(C(F)(F)F)cc2C(F)(F)F)c(CC)nc1OC(CC)CC. The molecule has 0 radical (unpaired) electrons. The second-order valence-electron chi connectivity index (χ2n) is 6.79. The van der Waals surface area contributed by atoms with Crippen LogP contribution < -0.4 is 4.74 Å². The van der Waals surface area contributed by atoms with Crippen molar-refractivity contribution in [3.63, 3.8) is 0 Å². The molecule has 0 aliphatic carbocycles. The van der Waals surface area contributed by atoms with E-state index in [4.69, 9.17) is 4.74 Å². The minimum atomic E-state index is -4.99. The Hall–Kier alpha value is -2.32. The largest absolute Gasteiger partial charge is 0.473 e. The first kappa shape index (κ1) is 24.0. The van der Waals surface area contributed by atoms with Crippen LogP contribution in [0.4, 0.5) is 26.3 Å². The van der Waals surface area contributed by atoms with Crippen molar-refractivity contribution >= 4 is 0 Å². The van der Waals surface area contributed by atoms with Crippen molar-refractivity contribution in [3.05, 3.63) is 40.7 Å². The fraction of sp³-hybridized carbons (Fsp3) is 0.524. The van der Waals surface area contributed by atoms with Crippen LogP contribution in [-0.4, -0.2) is 16.1 Å². The Morgan fingerprint density at radius 2 is 1.43 bits per heavy atom. The van der Waals surface area contributed by atoms with Crippen LogP contribution in [0.25, 0.3) is 11.3 Å². The highest BCUT2D eigenvalue weighted by Gasteiger charge is 2.39. The molecule has 0 amide bonds. The van der Waals surface area contributed by atoms with E-state index in [0.29, 0.717) is 18.2 Å². The van der Waals surface area contributed by atoms with Gasteiger partial charge in [-0.2, -0.15) is 26.3 Å². The summed E-state index contributed by atoms with van der Waals surface area (Å²) in [6, 6.07) is 1.57. The Morgan fingerprint density at radius 3 is 1.90 bits per heavy atom. The molecule has 9 heteroatoms. The Bertz CT molecular complexity index is 873. The zero-order chi connectivity index (χ0) is 22.7. The van der Waals surface area contributed by atoms with E-state index in [1.54, 1.807) is 13.8 Å². The number of halogens is 6. The summed E-state index contributed by atoms with van der Waals surface area (Å²) >= 11 is 0. The average molecular weight is 434 g/mol. The fourth-order valence-corrected chi connectivity index (χ4v) is 3.05. The van der Waals surface area contributed by atoms with Gasteiger partial charge in [-0.15, -0.1) is 0 Å². The third kappa shape index (κ3) is 5.23. The number of hydrogen-bond acceptors (Lipinski definition) is 3. The first-order chi connectivity index (χ1) is 14.0. The molecular formula is C21H24F6N2O. The van der Waals surface area contributed by atoms with Crippen molar-refractivity contribution in [2.24, 2.45) is 0 Å². The van der Waals surface area contributed by atoms with Crippen LogP contribution in [0.2, 0.25) is 0 Å². The van der Waals surface area contributed by atoms with Gasteiger partial charge in [-0.25, -0.2) is 9.97 Å². The van der Waals surface area contributed by atoms with Gasteiger partial charge in [-0.1, -0.05) is 33.8 Å². The van der Waals surface area contributed by atoms with E-state index in [-0.39, 0.29) is 35.9 Å². The molecule has 1 aromatic carbocycles. The second kappa shape index (κ2) is 9.22. The van der Waals surface area contributed by atoms with Gasteiger partial charge in [-0.3, -0.25) is 0 Å². The fourth-order valence-electron chi connectivity index (χ4n) is 3.05. The number of nitrogens with zero attached hydrogens (tertiary/aromatic N) is 2. The highest BCUT2D eigenvalue weighted by atomic mass is 19.4. The zero-order valence-electron chi connectivity index (χ0n) is 17.2. The summed E-state index contributed by atoms with van der Waals surface area (Å²) in [5.74, 6) is 0.257. The molecule has 0 bridgehead atoms. The van der Waals surface area contributed by atoms with E-state index in [9.17, 15) is 26.3 Å². The van der Waals surface area contributed by atoms with Crippen molar-refractivity contribution in [1.29, 1.82) is 0 Å². The third-order valence-electron chi connectivity index (χ3n) is 4.77. The molecule has 0 saturated heterocycles. The molecule has 2 aromatic rings. The predicted molar refractivity (Wildman–Crippen MR) is 101 cm³/mol. The molecule has 0 aliphatic rings. The monoisotopic (exact) mass is 434 g/mol. The van der Waals surface area contributed by atoms with Gasteiger partial charge in [0.2, 0.25) is 5.88 Å². The van der Waals surface area contributed by atoms with Crippen molar-refractivity contribution in [3.8, 4) is 17.1 Å². The van der Waals surface area contributed by atoms with Gasteiger partial charge < -0.3 is 4.74 Å². The number of ether oxygens (including phenoxy) is 1. The highest BCUT2D eigenvalue weighted by Crippen LogP contribution is 2.41. The Labute approximate surface area is 171 Å². The van der Waals surface area contributed by atoms with E-state index in [1.807, 2.05) is 13.8 Å². The summed E-state index contributed by atoms with van der Waals surface area (Å²) in [7, 11) is 0. The van der Waals surface area contributed by atoms with E-state index >= 15 is 0 Å². The van der Waals surface area contributed by atoms with Crippen molar-refractivity contribution < 1.29 is 31.1 Å². The predicted octanol–water partition coefficient (Wildman–Crippen LogP) is 6.87. The summed E-state index contributed by atoms with van der Waals surface area (Å²) in [5, 5.41) is 0. The molecule has 30 heavy (non-hydrogen) atoms. The molecule has 1 aromatic heterocycles. The Balaban J connectivity index is 2.71. The van der Waals surface area contributed by atoms with E-state index < -0.39 is 29.0 Å². The quantitative estimate of drug-likeness (QED) is 0.446. The summed E-state index contributed by atoms with van der Waals surface area (Å²) < 4.78 is 85.7. The van der Waals surface area contributed by atoms with Crippen LogP contribution in [0.1, 0.15) is 63.1 Å². The molecule has 0 unspecified atom stereocenters. The second-order valence-corrected chi connectivity index (χ2v) is 6.79. The zero-order valence-corrected chi connectivity index (χ0v) is 17.2. The first-order valence-electron chi connectivity index (χ1n) is 9.81. The molecule has 3 nitrogen and oxygen atoms in total. The lowest BCUT2D eigenvalue weighted by Crippen LogP contribution is -2.18. The molecule has 0 atom stereocenters. The smallest absolute Gasteiger partial charge is 0.417 e. The van der Waals surface area contributed by atoms with Gasteiger partial charge >= 0.3 is 12.4 Å². The van der Waals surface area contributed by atoms with E-state index in [2.05, 4.69) is 9.97 Å². The minimum Gasteiger partial charge on any atom is -0.473 e. The van der Waals surface area contributed by atoms with Gasteiger partial charge in [0.1, 0.15) is 5.69 Å². The van der Waals surface area contributed by atoms with Crippen LogP contribution >= 0.6 is 0 Å². The maximum absolute atomic E-state index is 13.6. The summed E-state index contributed by atoms with van der Waals surface area (Å²) in [6.45, 7) is 7.34. The molecule has 1 heterocycles. The van der Waals surface area contributed by atoms with Gasteiger partial charge in [0.15, 0.2) is 0 Å². The summed E-state index contributed by atoms with van der Waals surface area (Å²) in [4.78, 5) is 8.75. The maximum Gasteiger partial charge on any atom is 0.417 e. The van der Waals surface area contributed by atoms with Gasteiger partial charge in [0.05, 0.1) is 28.6 Å². The van der Waals surface area contributed by atoms with Crippen LogP contribution in [0.5, 0.6) is 5.88 Å². The summed E-state index contributed by atoms with van der Waals surface area (Å²) in [5.41, 5.74) is -2.66. The number of alkyl halides is 6. The highest BCUT2D eigenvalue weighted by molar-refractivity contribution is 5.68. The third-order valence-corrected chi connectivity index (χ3v) is 4.77. The standard InChI is InChI=1S/C21H24F6N2O/c1-5-13(6-2)30-19-17(8-4)28-18(16(7-3)29-19)14-10-9-12(20(22,23)24)11-15(14)21(25,26)27/h9-11,13H,5-8H2,1-4H3. The minimum absolute atomic E-state index is 0.0766. The van der Waals surface area contributed by atoms with Crippen LogP contribution in [0, 0.1) is 0 Å². The molecule has 0 aliphatic heterocycles. The van der Waals surface area contributed by atoms with Gasteiger partial charge in [-0.05, 0) is 37.8 Å². The molecule has 0 spiro atoms. The Morgan fingerprint density at radius 1 is 0.833 bits per heavy atom. The van der Waals surface area contributed by atoms with Gasteiger partial charge in [0.25, 0.3) is 0 Å². The lowest BCUT2D eigenvalue weighted by Gasteiger charge is -2.20. The molecular weight excluding hydrogens is 410 g/mol.